The number of hydrogen-bond donors (Lipinski definition) is 2. The molecule has 2 aromatic rings. The second-order valence-electron chi connectivity index (χ2n) is 3.69. The Balaban J connectivity index is 2.08. The van der Waals surface area contributed by atoms with Gasteiger partial charge in [0.05, 0.1) is 6.04 Å². The van der Waals surface area contributed by atoms with E-state index in [4.69, 9.17) is 5.73 Å². The van der Waals surface area contributed by atoms with Crippen molar-refractivity contribution < 1.29 is 0 Å². The highest BCUT2D eigenvalue weighted by molar-refractivity contribution is 7.11. The van der Waals surface area contributed by atoms with Crippen molar-refractivity contribution in [3.05, 3.63) is 28.3 Å². The quantitative estimate of drug-likeness (QED) is 0.869. The van der Waals surface area contributed by atoms with E-state index in [-0.39, 0.29) is 6.04 Å². The van der Waals surface area contributed by atoms with Gasteiger partial charge in [-0.05, 0) is 19.4 Å². The third-order valence-corrected chi connectivity index (χ3v) is 3.64. The summed E-state index contributed by atoms with van der Waals surface area (Å²) in [7, 11) is 0. The van der Waals surface area contributed by atoms with Gasteiger partial charge in [-0.15, -0.1) is 11.3 Å². The number of nitrogens with zero attached hydrogens (tertiary/aromatic N) is 3. The summed E-state index contributed by atoms with van der Waals surface area (Å²) >= 11 is 1.70. The molecule has 0 spiro atoms. The van der Waals surface area contributed by atoms with E-state index in [9.17, 15) is 0 Å². The number of aryl methyl sites for hydroxylation is 1. The van der Waals surface area contributed by atoms with Gasteiger partial charge in [0.2, 0.25) is 5.95 Å². The molecule has 1 atom stereocenters. The largest absolute Gasteiger partial charge is 0.384 e. The van der Waals surface area contributed by atoms with Crippen molar-refractivity contribution in [3.8, 4) is 0 Å². The topological polar surface area (TPSA) is 76.7 Å². The SMILES string of the molecule is CCc1cnc(C(C)Nc2nccc(N)n2)s1. The van der Waals surface area contributed by atoms with E-state index in [1.54, 1.807) is 23.6 Å². The van der Waals surface area contributed by atoms with Crippen LogP contribution in [0.4, 0.5) is 11.8 Å². The van der Waals surface area contributed by atoms with Gasteiger partial charge in [0, 0.05) is 17.3 Å². The van der Waals surface area contributed by atoms with Crippen molar-refractivity contribution in [1.82, 2.24) is 15.0 Å². The lowest BCUT2D eigenvalue weighted by molar-refractivity contribution is 0.849. The Bertz CT molecular complexity index is 496. The molecule has 0 aliphatic rings. The molecule has 0 radical (unpaired) electrons. The van der Waals surface area contributed by atoms with Crippen LogP contribution in [-0.4, -0.2) is 15.0 Å². The van der Waals surface area contributed by atoms with Crippen molar-refractivity contribution >= 4 is 23.1 Å². The zero-order valence-corrected chi connectivity index (χ0v) is 10.7. The maximum atomic E-state index is 5.59. The molecule has 0 fully saturated rings. The Hall–Kier alpha value is -1.69. The van der Waals surface area contributed by atoms with Crippen molar-refractivity contribution in [2.24, 2.45) is 0 Å². The molecule has 0 aliphatic carbocycles. The highest BCUT2D eigenvalue weighted by Crippen LogP contribution is 2.22. The lowest BCUT2D eigenvalue weighted by Gasteiger charge is -2.10. The van der Waals surface area contributed by atoms with Gasteiger partial charge in [0.15, 0.2) is 0 Å². The van der Waals surface area contributed by atoms with Crippen molar-refractivity contribution in [2.75, 3.05) is 11.1 Å². The minimum atomic E-state index is 0.0853. The van der Waals surface area contributed by atoms with E-state index >= 15 is 0 Å². The minimum absolute atomic E-state index is 0.0853. The first-order chi connectivity index (χ1) is 8.19. The van der Waals surface area contributed by atoms with Crippen LogP contribution in [0, 0.1) is 0 Å². The normalized spacial score (nSPS) is 12.4. The van der Waals surface area contributed by atoms with Gasteiger partial charge in [-0.2, -0.15) is 4.98 Å². The average molecular weight is 249 g/mol. The molecule has 6 heteroatoms. The zero-order chi connectivity index (χ0) is 12.3. The van der Waals surface area contributed by atoms with Crippen LogP contribution < -0.4 is 11.1 Å². The van der Waals surface area contributed by atoms with Crippen molar-refractivity contribution in [2.45, 2.75) is 26.3 Å². The molecule has 0 amide bonds. The fraction of sp³-hybridized carbons (Fsp3) is 0.364. The van der Waals surface area contributed by atoms with Crippen LogP contribution in [0.5, 0.6) is 0 Å². The van der Waals surface area contributed by atoms with Gasteiger partial charge in [0.1, 0.15) is 10.8 Å². The molecular formula is C11H15N5S. The van der Waals surface area contributed by atoms with E-state index in [0.29, 0.717) is 11.8 Å². The summed E-state index contributed by atoms with van der Waals surface area (Å²) in [5.41, 5.74) is 5.59. The number of nitrogen functional groups attached to an aromatic ring is 1. The predicted octanol–water partition coefficient (Wildman–Crippen LogP) is 2.25. The number of thiazole rings is 1. The molecule has 0 aromatic carbocycles. The Morgan fingerprint density at radius 3 is 2.94 bits per heavy atom. The van der Waals surface area contributed by atoms with Crippen LogP contribution in [0.25, 0.3) is 0 Å². The second kappa shape index (κ2) is 5.09. The van der Waals surface area contributed by atoms with Gasteiger partial charge in [-0.25, -0.2) is 9.97 Å². The number of anilines is 2. The smallest absolute Gasteiger partial charge is 0.225 e. The first kappa shape index (κ1) is 11.8. The van der Waals surface area contributed by atoms with Crippen molar-refractivity contribution in [3.63, 3.8) is 0 Å². The maximum Gasteiger partial charge on any atom is 0.225 e. The van der Waals surface area contributed by atoms with E-state index in [1.165, 1.54) is 4.88 Å². The summed E-state index contributed by atoms with van der Waals surface area (Å²) in [5.74, 6) is 0.994. The molecule has 2 rings (SSSR count). The number of aromatic nitrogens is 3. The van der Waals surface area contributed by atoms with E-state index < -0.39 is 0 Å². The summed E-state index contributed by atoms with van der Waals surface area (Å²) < 4.78 is 0. The summed E-state index contributed by atoms with van der Waals surface area (Å²) in [6, 6.07) is 1.75. The van der Waals surface area contributed by atoms with Crippen LogP contribution in [0.3, 0.4) is 0 Å². The third kappa shape index (κ3) is 2.91. The average Bonchev–Trinajstić information content (AvgIpc) is 2.77. The Morgan fingerprint density at radius 1 is 1.47 bits per heavy atom. The van der Waals surface area contributed by atoms with Crippen LogP contribution in [0.15, 0.2) is 18.5 Å². The molecule has 0 aliphatic heterocycles. The van der Waals surface area contributed by atoms with E-state index in [1.807, 2.05) is 13.1 Å². The van der Waals surface area contributed by atoms with Gasteiger partial charge in [0.25, 0.3) is 0 Å². The third-order valence-electron chi connectivity index (χ3n) is 2.31. The monoisotopic (exact) mass is 249 g/mol. The predicted molar refractivity (Wildman–Crippen MR) is 70.0 cm³/mol. The van der Waals surface area contributed by atoms with Crippen LogP contribution in [0.2, 0.25) is 0 Å². The lowest BCUT2D eigenvalue weighted by atomic mass is 10.3. The molecule has 90 valence electrons. The first-order valence-electron chi connectivity index (χ1n) is 5.48. The molecule has 0 bridgehead atoms. The summed E-state index contributed by atoms with van der Waals surface area (Å²) in [6.45, 7) is 4.15. The molecule has 3 N–H and O–H groups in total. The van der Waals surface area contributed by atoms with Crippen LogP contribution >= 0.6 is 11.3 Å². The van der Waals surface area contributed by atoms with Crippen molar-refractivity contribution in [1.29, 1.82) is 0 Å². The zero-order valence-electron chi connectivity index (χ0n) is 9.84. The second-order valence-corrected chi connectivity index (χ2v) is 4.84. The molecule has 0 saturated heterocycles. The lowest BCUT2D eigenvalue weighted by Crippen LogP contribution is -2.09. The van der Waals surface area contributed by atoms with Crippen LogP contribution in [0.1, 0.15) is 29.8 Å². The first-order valence-corrected chi connectivity index (χ1v) is 6.30. The summed E-state index contributed by atoms with van der Waals surface area (Å²) in [4.78, 5) is 13.9. The van der Waals surface area contributed by atoms with E-state index in [0.717, 1.165) is 11.4 Å². The molecule has 0 saturated carbocycles. The highest BCUT2D eigenvalue weighted by atomic mass is 32.1. The molecule has 17 heavy (non-hydrogen) atoms. The number of hydrogen-bond acceptors (Lipinski definition) is 6. The highest BCUT2D eigenvalue weighted by Gasteiger charge is 2.11. The Kier molecular flexibility index (Phi) is 3.53. The molecule has 2 heterocycles. The number of rotatable bonds is 4. The fourth-order valence-corrected chi connectivity index (χ4v) is 2.24. The maximum absolute atomic E-state index is 5.59. The minimum Gasteiger partial charge on any atom is -0.384 e. The standard InChI is InChI=1S/C11H15N5S/c1-3-8-6-14-10(17-8)7(2)15-11-13-5-4-9(12)16-11/h4-7H,3H2,1-2H3,(H3,12,13,15,16). The van der Waals surface area contributed by atoms with Gasteiger partial charge >= 0.3 is 0 Å². The van der Waals surface area contributed by atoms with Gasteiger partial charge in [-0.3, -0.25) is 0 Å². The number of nitrogens with two attached hydrogens (primary N) is 1. The van der Waals surface area contributed by atoms with Gasteiger partial charge in [-0.1, -0.05) is 6.92 Å². The number of nitrogens with one attached hydrogen (secondary N) is 1. The van der Waals surface area contributed by atoms with Crippen LogP contribution in [-0.2, 0) is 6.42 Å². The van der Waals surface area contributed by atoms with E-state index in [2.05, 4.69) is 27.2 Å². The summed E-state index contributed by atoms with van der Waals surface area (Å²) in [5, 5.41) is 4.22. The Labute approximate surface area is 104 Å². The molecule has 5 nitrogen and oxygen atoms in total. The fourth-order valence-electron chi connectivity index (χ4n) is 1.38. The molecule has 1 unspecified atom stereocenters. The molecular weight excluding hydrogens is 234 g/mol. The Morgan fingerprint density at radius 2 is 2.29 bits per heavy atom. The summed E-state index contributed by atoms with van der Waals surface area (Å²) in [6.07, 6.45) is 4.56. The molecule has 2 aromatic heterocycles. The van der Waals surface area contributed by atoms with Gasteiger partial charge < -0.3 is 11.1 Å².